The van der Waals surface area contributed by atoms with Crippen LogP contribution >= 0.6 is 31.9 Å². The Morgan fingerprint density at radius 3 is 1.30 bits per heavy atom. The van der Waals surface area contributed by atoms with E-state index in [2.05, 4.69) is 59.6 Å². The maximum absolute atomic E-state index is 6.08. The molecule has 0 saturated heterocycles. The van der Waals surface area contributed by atoms with Gasteiger partial charge < -0.3 is 41.4 Å². The molecular weight excluding hydrogens is 600 g/mol. The predicted molar refractivity (Wildman–Crippen MR) is 164 cm³/mol. The third kappa shape index (κ3) is 8.05. The third-order valence-electron chi connectivity index (χ3n) is 7.75. The Balaban J connectivity index is 2.04. The Morgan fingerprint density at radius 2 is 1.00 bits per heavy atom. The lowest BCUT2D eigenvalue weighted by molar-refractivity contribution is -0.952. The lowest BCUT2D eigenvalue weighted by Crippen LogP contribution is -2.60. The summed E-state index contributed by atoms with van der Waals surface area (Å²) in [5.41, 5.74) is 26.2. The Labute approximate surface area is 239 Å². The van der Waals surface area contributed by atoms with Crippen LogP contribution in [0.2, 0.25) is 0 Å². The summed E-state index contributed by atoms with van der Waals surface area (Å²) in [6.45, 7) is 15.8. The molecule has 0 aliphatic carbocycles. The molecule has 0 aliphatic rings. The van der Waals surface area contributed by atoms with Gasteiger partial charge in [0.15, 0.2) is 9.90 Å². The molecule has 37 heavy (non-hydrogen) atoms. The highest BCUT2D eigenvalue weighted by Gasteiger charge is 2.40. The number of nitrogens with two attached hydrogens (primary N) is 4. The molecule has 10 heteroatoms. The van der Waals surface area contributed by atoms with Crippen molar-refractivity contribution in [1.82, 2.24) is 0 Å². The van der Waals surface area contributed by atoms with E-state index >= 15 is 0 Å². The number of hydrogen-bond donors (Lipinski definition) is 4. The number of alkyl halides is 2. The number of rotatable bonds is 16. The summed E-state index contributed by atoms with van der Waals surface area (Å²) in [6, 6.07) is 10.8. The number of benzene rings is 2. The monoisotopic (exact) mass is 644 g/mol. The first kappa shape index (κ1) is 31.3. The summed E-state index contributed by atoms with van der Waals surface area (Å²) in [5, 5.41) is 0. The van der Waals surface area contributed by atoms with Crippen LogP contribution in [0, 0.1) is 0 Å². The van der Waals surface area contributed by atoms with Gasteiger partial charge in [-0.2, -0.15) is 0 Å². The normalized spacial score (nSPS) is 13.8. The van der Waals surface area contributed by atoms with Crippen molar-refractivity contribution in [3.8, 4) is 11.5 Å². The van der Waals surface area contributed by atoms with Gasteiger partial charge in [-0.1, -0.05) is 0 Å². The fraction of sp³-hybridized carbons (Fsp3) is 0.556. The molecule has 208 valence electrons. The number of hydrogen-bond acceptors (Lipinski definition) is 6. The molecule has 0 heterocycles. The smallest absolute Gasteiger partial charge is 0.151 e. The van der Waals surface area contributed by atoms with Crippen LogP contribution in [0.25, 0.3) is 0 Å². The van der Waals surface area contributed by atoms with Gasteiger partial charge in [0.25, 0.3) is 0 Å². The second-order valence-corrected chi connectivity index (χ2v) is 11.7. The third-order valence-corrected chi connectivity index (χ3v) is 10.2. The minimum atomic E-state index is 0.253. The lowest BCUT2D eigenvalue weighted by Gasteiger charge is -2.45. The summed E-state index contributed by atoms with van der Waals surface area (Å²) >= 11 is 8.16. The number of nitrogens with zero attached hydrogens (tertiary/aromatic N) is 2. The van der Waals surface area contributed by atoms with Gasteiger partial charge in [0.1, 0.15) is 37.8 Å². The lowest BCUT2D eigenvalue weighted by atomic mass is 10.2. The van der Waals surface area contributed by atoms with Crippen LogP contribution in [0.5, 0.6) is 11.5 Å². The van der Waals surface area contributed by atoms with Crippen LogP contribution in [0.4, 0.5) is 22.7 Å². The molecule has 2 atom stereocenters. The maximum atomic E-state index is 6.08. The molecular formula is C27H46Br2N6O2+2. The van der Waals surface area contributed by atoms with E-state index < -0.39 is 0 Å². The summed E-state index contributed by atoms with van der Waals surface area (Å²) in [4.78, 5) is 0.506. The molecule has 2 aromatic rings. The van der Waals surface area contributed by atoms with Crippen LogP contribution in [-0.2, 0) is 0 Å². The maximum Gasteiger partial charge on any atom is 0.151 e. The number of halogens is 2. The molecule has 2 unspecified atom stereocenters. The first-order valence-electron chi connectivity index (χ1n) is 13.1. The van der Waals surface area contributed by atoms with Crippen LogP contribution in [0.1, 0.15) is 34.1 Å². The SMILES string of the molecule is CC[N+](CC)(CCOc1ccc(N)cc1N)C(Br)CC(Br)[N+](CC)(CC)CCOc1ccc(N)cc1N. The molecule has 2 aromatic carbocycles. The van der Waals surface area contributed by atoms with Gasteiger partial charge in [-0.15, -0.1) is 0 Å². The van der Waals surface area contributed by atoms with E-state index in [1.54, 1.807) is 12.1 Å². The van der Waals surface area contributed by atoms with Crippen LogP contribution in [0.15, 0.2) is 36.4 Å². The van der Waals surface area contributed by atoms with Crippen molar-refractivity contribution in [2.75, 3.05) is 75.4 Å². The minimum Gasteiger partial charge on any atom is -0.486 e. The van der Waals surface area contributed by atoms with Crippen molar-refractivity contribution in [2.45, 2.75) is 44.0 Å². The summed E-state index contributed by atoms with van der Waals surface area (Å²) in [5.74, 6) is 1.36. The average Bonchev–Trinajstić information content (AvgIpc) is 2.87. The van der Waals surface area contributed by atoms with Gasteiger partial charge in [0.05, 0.1) is 44.0 Å². The molecule has 8 N–H and O–H groups in total. The molecule has 0 radical (unpaired) electrons. The van der Waals surface area contributed by atoms with Gasteiger partial charge in [-0.25, -0.2) is 0 Å². The molecule has 0 saturated carbocycles. The second-order valence-electron chi connectivity index (χ2n) is 9.55. The van der Waals surface area contributed by atoms with Crippen molar-refractivity contribution in [3.05, 3.63) is 36.4 Å². The molecule has 0 fully saturated rings. The van der Waals surface area contributed by atoms with Gasteiger partial charge in [-0.05, 0) is 96.0 Å². The van der Waals surface area contributed by atoms with Crippen molar-refractivity contribution in [2.24, 2.45) is 0 Å². The fourth-order valence-electron chi connectivity index (χ4n) is 4.83. The van der Waals surface area contributed by atoms with E-state index in [-0.39, 0.29) is 9.90 Å². The zero-order valence-electron chi connectivity index (χ0n) is 22.8. The van der Waals surface area contributed by atoms with Crippen LogP contribution in [0.3, 0.4) is 0 Å². The predicted octanol–water partition coefficient (Wildman–Crippen LogP) is 5.02. The molecule has 2 rings (SSSR count). The van der Waals surface area contributed by atoms with Gasteiger partial charge in [-0.3, -0.25) is 0 Å². The molecule has 0 amide bonds. The van der Waals surface area contributed by atoms with Crippen molar-refractivity contribution >= 4 is 54.6 Å². The van der Waals surface area contributed by atoms with E-state index in [4.69, 9.17) is 32.4 Å². The largest absolute Gasteiger partial charge is 0.486 e. The number of nitrogen functional groups attached to an aromatic ring is 4. The van der Waals surface area contributed by atoms with Crippen molar-refractivity contribution in [1.29, 1.82) is 0 Å². The van der Waals surface area contributed by atoms with E-state index in [0.29, 0.717) is 47.5 Å². The quantitative estimate of drug-likeness (QED) is 0.0880. The Hall–Kier alpha value is -1.88. The van der Waals surface area contributed by atoms with Crippen LogP contribution in [-0.4, -0.2) is 71.4 Å². The average molecular weight is 647 g/mol. The van der Waals surface area contributed by atoms with E-state index in [1.807, 2.05) is 24.3 Å². The van der Waals surface area contributed by atoms with Gasteiger partial charge in [0, 0.05) is 11.4 Å². The van der Waals surface area contributed by atoms with E-state index in [9.17, 15) is 0 Å². The summed E-state index contributed by atoms with van der Waals surface area (Å²) in [6.07, 6.45) is 0.956. The fourth-order valence-corrected chi connectivity index (χ4v) is 7.61. The first-order valence-corrected chi connectivity index (χ1v) is 14.9. The van der Waals surface area contributed by atoms with E-state index in [0.717, 1.165) is 54.7 Å². The topological polar surface area (TPSA) is 123 Å². The molecule has 0 spiro atoms. The number of anilines is 4. The highest BCUT2D eigenvalue weighted by Crippen LogP contribution is 2.32. The Bertz CT molecular complexity index is 908. The molecule has 0 aliphatic heterocycles. The zero-order chi connectivity index (χ0) is 27.6. The highest BCUT2D eigenvalue weighted by molar-refractivity contribution is 9.10. The minimum absolute atomic E-state index is 0.253. The molecule has 0 aromatic heterocycles. The second kappa shape index (κ2) is 14.3. The summed E-state index contributed by atoms with van der Waals surface area (Å²) in [7, 11) is 0. The van der Waals surface area contributed by atoms with Crippen molar-refractivity contribution in [3.63, 3.8) is 0 Å². The number of ether oxygens (including phenoxy) is 2. The van der Waals surface area contributed by atoms with Crippen molar-refractivity contribution < 1.29 is 18.4 Å². The zero-order valence-corrected chi connectivity index (χ0v) is 25.9. The van der Waals surface area contributed by atoms with Crippen LogP contribution < -0.4 is 32.4 Å². The Morgan fingerprint density at radius 1 is 0.649 bits per heavy atom. The highest BCUT2D eigenvalue weighted by atomic mass is 79.9. The number of likely N-dealkylation sites (N-methyl/N-ethyl adjacent to an activating group) is 2. The van der Waals surface area contributed by atoms with E-state index in [1.165, 1.54) is 0 Å². The number of quaternary nitrogens is 2. The standard InChI is InChI=1S/C27H46Br2N6O2/c1-5-34(6-2,13-15-36-24-11-9-20(30)17-22(24)32)26(28)19-27(29)35(7-3,8-4)14-16-37-25-12-10-21(31)18-23(25)33/h9-12,17-18,26-27H,5-8,13-16,19,30-33H2,1-4H3/q+2. The Kier molecular flexibility index (Phi) is 12.1. The summed E-state index contributed by atoms with van der Waals surface area (Å²) < 4.78 is 13.9. The van der Waals surface area contributed by atoms with Gasteiger partial charge in [0.2, 0.25) is 0 Å². The first-order chi connectivity index (χ1) is 17.6. The molecule has 8 nitrogen and oxygen atoms in total. The molecule has 0 bridgehead atoms. The van der Waals surface area contributed by atoms with Gasteiger partial charge >= 0.3 is 0 Å².